The maximum absolute atomic E-state index is 12.4. The number of hydrogen-bond donors (Lipinski definition) is 2. The maximum atomic E-state index is 12.4. The molecule has 0 aliphatic carbocycles. The van der Waals surface area contributed by atoms with E-state index in [2.05, 4.69) is 0 Å². The van der Waals surface area contributed by atoms with Crippen LogP contribution in [0.4, 0.5) is 0 Å². The number of hydrogen-bond acceptors (Lipinski definition) is 6. The molecule has 2 rings (SSSR count). The predicted molar refractivity (Wildman–Crippen MR) is 78.7 cm³/mol. The van der Waals surface area contributed by atoms with Crippen LogP contribution in [0.3, 0.4) is 0 Å². The van der Waals surface area contributed by atoms with Crippen molar-refractivity contribution in [3.8, 4) is 0 Å². The molecular weight excluding hydrogens is 310 g/mol. The van der Waals surface area contributed by atoms with Gasteiger partial charge in [-0.2, -0.15) is 4.31 Å². The van der Waals surface area contributed by atoms with Crippen LogP contribution in [0.5, 0.6) is 0 Å². The molecule has 1 aliphatic rings. The Morgan fingerprint density at radius 2 is 2.00 bits per heavy atom. The molecule has 3 N–H and O–H groups in total. The van der Waals surface area contributed by atoms with Crippen LogP contribution in [0.15, 0.2) is 21.6 Å². The molecule has 9 heteroatoms. The van der Waals surface area contributed by atoms with Crippen molar-refractivity contribution in [1.82, 2.24) is 9.21 Å². The summed E-state index contributed by atoms with van der Waals surface area (Å²) in [5.41, 5.74) is 5.06. The highest BCUT2D eigenvalue weighted by Gasteiger charge is 2.31. The molecule has 1 aliphatic heterocycles. The summed E-state index contributed by atoms with van der Waals surface area (Å²) in [6.07, 6.45) is 0.271. The Morgan fingerprint density at radius 1 is 1.36 bits per heavy atom. The standard InChI is InChI=1S/C13H21N3O5S/c1-2-10(17)9-15-5-7-16(8-6-15)22(19,20)12-4-3-11(21-12)13(14)18/h3-4,10,17H,2,5-9H2,1H3,(H2,14,18)/t10-/m0/s1. The largest absolute Gasteiger partial charge is 0.438 e. The van der Waals surface area contributed by atoms with Crippen molar-refractivity contribution in [3.05, 3.63) is 17.9 Å². The number of primary amides is 1. The van der Waals surface area contributed by atoms with Gasteiger partial charge in [-0.15, -0.1) is 0 Å². The van der Waals surface area contributed by atoms with Gasteiger partial charge in [-0.3, -0.25) is 9.69 Å². The van der Waals surface area contributed by atoms with E-state index in [9.17, 15) is 18.3 Å². The van der Waals surface area contributed by atoms with E-state index in [1.807, 2.05) is 11.8 Å². The summed E-state index contributed by atoms with van der Waals surface area (Å²) < 4.78 is 31.2. The average Bonchev–Trinajstić information content (AvgIpc) is 2.98. The lowest BCUT2D eigenvalue weighted by Gasteiger charge is -2.34. The molecule has 0 unspecified atom stereocenters. The monoisotopic (exact) mass is 331 g/mol. The number of aliphatic hydroxyl groups excluding tert-OH is 1. The molecule has 22 heavy (non-hydrogen) atoms. The van der Waals surface area contributed by atoms with Gasteiger partial charge in [0.05, 0.1) is 6.10 Å². The number of rotatable bonds is 6. The van der Waals surface area contributed by atoms with Crippen molar-refractivity contribution in [2.45, 2.75) is 24.5 Å². The van der Waals surface area contributed by atoms with E-state index in [1.165, 1.54) is 16.4 Å². The molecule has 1 fully saturated rings. The van der Waals surface area contributed by atoms with Crippen molar-refractivity contribution in [3.63, 3.8) is 0 Å². The summed E-state index contributed by atoms with van der Waals surface area (Å²) in [5, 5.41) is 9.36. The molecule has 8 nitrogen and oxygen atoms in total. The Hall–Kier alpha value is -1.42. The lowest BCUT2D eigenvalue weighted by Crippen LogP contribution is -2.50. The fourth-order valence-electron chi connectivity index (χ4n) is 2.30. The van der Waals surface area contributed by atoms with Gasteiger partial charge in [0, 0.05) is 32.7 Å². The topological polar surface area (TPSA) is 117 Å². The third kappa shape index (κ3) is 3.67. The first-order valence-electron chi connectivity index (χ1n) is 7.14. The molecule has 1 aromatic rings. The quantitative estimate of drug-likeness (QED) is 0.723. The second kappa shape index (κ2) is 6.78. The van der Waals surface area contributed by atoms with E-state index in [1.54, 1.807) is 0 Å². The third-order valence-electron chi connectivity index (χ3n) is 3.69. The van der Waals surface area contributed by atoms with E-state index in [4.69, 9.17) is 10.2 Å². The van der Waals surface area contributed by atoms with Gasteiger partial charge in [0.1, 0.15) is 0 Å². The van der Waals surface area contributed by atoms with Crippen molar-refractivity contribution in [2.24, 2.45) is 5.73 Å². The molecule has 1 amide bonds. The average molecular weight is 331 g/mol. The van der Waals surface area contributed by atoms with Gasteiger partial charge in [0.15, 0.2) is 5.76 Å². The smallest absolute Gasteiger partial charge is 0.284 e. The van der Waals surface area contributed by atoms with Gasteiger partial charge in [-0.05, 0) is 18.6 Å². The molecule has 0 spiro atoms. The molecule has 0 aromatic carbocycles. The van der Waals surface area contributed by atoms with E-state index in [-0.39, 0.29) is 10.9 Å². The number of carbonyl (C=O) groups excluding carboxylic acids is 1. The van der Waals surface area contributed by atoms with Crippen LogP contribution in [0.1, 0.15) is 23.9 Å². The minimum atomic E-state index is -3.76. The lowest BCUT2D eigenvalue weighted by atomic mass is 10.2. The van der Waals surface area contributed by atoms with Gasteiger partial charge in [0.2, 0.25) is 5.09 Å². The summed E-state index contributed by atoms with van der Waals surface area (Å²) in [7, 11) is -3.76. The first kappa shape index (κ1) is 16.9. The maximum Gasteiger partial charge on any atom is 0.284 e. The van der Waals surface area contributed by atoms with E-state index in [0.29, 0.717) is 39.1 Å². The molecular formula is C13H21N3O5S. The summed E-state index contributed by atoms with van der Waals surface area (Å²) >= 11 is 0. The number of β-amino-alcohol motifs (C(OH)–C–C–N with tert-alkyl or cyclic N) is 1. The first-order valence-corrected chi connectivity index (χ1v) is 8.58. The molecule has 0 bridgehead atoms. The van der Waals surface area contributed by atoms with Crippen LogP contribution in [0.25, 0.3) is 0 Å². The highest BCUT2D eigenvalue weighted by Crippen LogP contribution is 2.20. The summed E-state index contributed by atoms with van der Waals surface area (Å²) in [6, 6.07) is 2.49. The minimum Gasteiger partial charge on any atom is -0.438 e. The lowest BCUT2D eigenvalue weighted by molar-refractivity contribution is 0.0893. The number of carbonyl (C=O) groups is 1. The first-order chi connectivity index (χ1) is 10.3. The van der Waals surface area contributed by atoms with Crippen LogP contribution < -0.4 is 5.73 Å². The van der Waals surface area contributed by atoms with Gasteiger partial charge >= 0.3 is 0 Å². The highest BCUT2D eigenvalue weighted by atomic mass is 32.2. The molecule has 0 radical (unpaired) electrons. The van der Waals surface area contributed by atoms with Crippen molar-refractivity contribution >= 4 is 15.9 Å². The Morgan fingerprint density at radius 3 is 2.50 bits per heavy atom. The predicted octanol–water partition coefficient (Wildman–Crippen LogP) is -0.544. The summed E-state index contributed by atoms with van der Waals surface area (Å²) in [4.78, 5) is 13.0. The fourth-order valence-corrected chi connectivity index (χ4v) is 3.63. The number of furan rings is 1. The van der Waals surface area contributed by atoms with Crippen LogP contribution in [0.2, 0.25) is 0 Å². The Bertz CT molecular complexity index is 619. The zero-order chi connectivity index (χ0) is 16.3. The van der Waals surface area contributed by atoms with Crippen LogP contribution in [-0.2, 0) is 10.0 Å². The SMILES string of the molecule is CC[C@H](O)CN1CCN(S(=O)(=O)c2ccc(C(N)=O)o2)CC1. The number of piperazine rings is 1. The van der Waals surface area contributed by atoms with Gasteiger partial charge in [-0.1, -0.05) is 6.92 Å². The fraction of sp³-hybridized carbons (Fsp3) is 0.615. The zero-order valence-electron chi connectivity index (χ0n) is 12.4. The van der Waals surface area contributed by atoms with E-state index in [0.717, 1.165) is 0 Å². The number of sulfonamides is 1. The second-order valence-electron chi connectivity index (χ2n) is 5.25. The van der Waals surface area contributed by atoms with Crippen LogP contribution in [-0.4, -0.2) is 67.5 Å². The number of nitrogens with two attached hydrogens (primary N) is 1. The van der Waals surface area contributed by atoms with Crippen LogP contribution >= 0.6 is 0 Å². The van der Waals surface area contributed by atoms with E-state index < -0.39 is 22.0 Å². The van der Waals surface area contributed by atoms with Gasteiger partial charge < -0.3 is 15.3 Å². The van der Waals surface area contributed by atoms with Gasteiger partial charge in [-0.25, -0.2) is 8.42 Å². The van der Waals surface area contributed by atoms with Crippen molar-refractivity contribution in [2.75, 3.05) is 32.7 Å². The zero-order valence-corrected chi connectivity index (χ0v) is 13.3. The van der Waals surface area contributed by atoms with Crippen molar-refractivity contribution < 1.29 is 22.7 Å². The molecule has 1 saturated heterocycles. The summed E-state index contributed by atoms with van der Waals surface area (Å²) in [6.45, 7) is 4.14. The molecule has 2 heterocycles. The minimum absolute atomic E-state index is 0.178. The normalized spacial score (nSPS) is 19.2. The molecule has 1 atom stereocenters. The van der Waals surface area contributed by atoms with Crippen molar-refractivity contribution in [1.29, 1.82) is 0 Å². The second-order valence-corrected chi connectivity index (χ2v) is 7.12. The van der Waals surface area contributed by atoms with Crippen LogP contribution in [0, 0.1) is 0 Å². The third-order valence-corrected chi connectivity index (χ3v) is 5.46. The molecule has 0 saturated carbocycles. The van der Waals surface area contributed by atoms with Gasteiger partial charge in [0.25, 0.3) is 15.9 Å². The Kier molecular flexibility index (Phi) is 5.22. The Balaban J connectivity index is 2.01. The molecule has 1 aromatic heterocycles. The molecule has 124 valence electrons. The number of aliphatic hydroxyl groups is 1. The highest BCUT2D eigenvalue weighted by molar-refractivity contribution is 7.89. The number of nitrogens with zero attached hydrogens (tertiary/aromatic N) is 2. The van der Waals surface area contributed by atoms with E-state index >= 15 is 0 Å². The Labute approximate surface area is 129 Å². The number of amides is 1. The summed E-state index contributed by atoms with van der Waals surface area (Å²) in [5.74, 6) is -0.983.